The molecule has 1 amide bonds. The van der Waals surface area contributed by atoms with Gasteiger partial charge in [-0.05, 0) is 31.4 Å². The fraction of sp³-hybridized carbons (Fsp3) is 0.261. The Morgan fingerprint density at radius 1 is 1.14 bits per heavy atom. The maximum atomic E-state index is 13.4. The van der Waals surface area contributed by atoms with Crippen molar-refractivity contribution in [2.45, 2.75) is 25.8 Å². The van der Waals surface area contributed by atoms with Crippen molar-refractivity contribution < 1.29 is 4.79 Å². The molecule has 29 heavy (non-hydrogen) atoms. The molecule has 1 N–H and O–H groups in total. The third kappa shape index (κ3) is 2.92. The average Bonchev–Trinajstić information content (AvgIpc) is 3.46. The molecule has 5 rings (SSSR count). The number of hydrogen-bond donors (Lipinski definition) is 1. The topological polar surface area (TPSA) is 66.8 Å². The molecule has 0 bridgehead atoms. The van der Waals surface area contributed by atoms with Crippen molar-refractivity contribution in [1.82, 2.24) is 24.4 Å². The first-order valence-corrected chi connectivity index (χ1v) is 9.97. The number of rotatable bonds is 3. The van der Waals surface area contributed by atoms with Gasteiger partial charge in [-0.2, -0.15) is 0 Å². The summed E-state index contributed by atoms with van der Waals surface area (Å²) < 4.78 is 1.88. The Hall–Kier alpha value is -3.41. The van der Waals surface area contributed by atoms with Gasteiger partial charge >= 0.3 is 0 Å². The summed E-state index contributed by atoms with van der Waals surface area (Å²) >= 11 is 0. The molecule has 1 aliphatic rings. The van der Waals surface area contributed by atoms with Crippen molar-refractivity contribution >= 4 is 16.9 Å². The summed E-state index contributed by atoms with van der Waals surface area (Å²) in [5, 5.41) is 0. The smallest absolute Gasteiger partial charge is 0.272 e. The normalized spacial score (nSPS) is 16.6. The van der Waals surface area contributed by atoms with Gasteiger partial charge in [-0.1, -0.05) is 42.5 Å². The molecular weight excluding hydrogens is 362 g/mol. The minimum absolute atomic E-state index is 0.00172. The van der Waals surface area contributed by atoms with Crippen molar-refractivity contribution in [2.24, 2.45) is 7.05 Å². The van der Waals surface area contributed by atoms with Crippen LogP contribution in [-0.4, -0.2) is 36.9 Å². The van der Waals surface area contributed by atoms with Gasteiger partial charge in [-0.15, -0.1) is 0 Å². The quantitative estimate of drug-likeness (QED) is 0.573. The molecular formula is C23H23N5O. The van der Waals surface area contributed by atoms with Gasteiger partial charge in [0.2, 0.25) is 0 Å². The Morgan fingerprint density at radius 2 is 1.97 bits per heavy atom. The summed E-state index contributed by atoms with van der Waals surface area (Å²) in [5.41, 5.74) is 4.74. The Bertz CT molecular complexity index is 1190. The minimum atomic E-state index is -0.0376. The number of para-hydroxylation sites is 1. The van der Waals surface area contributed by atoms with Gasteiger partial charge in [0.15, 0.2) is 0 Å². The second kappa shape index (κ2) is 6.88. The fourth-order valence-electron chi connectivity index (χ4n) is 4.26. The number of imidazole rings is 2. The molecule has 0 saturated carbocycles. The molecule has 2 aromatic heterocycles. The van der Waals surface area contributed by atoms with Crippen LogP contribution in [0.5, 0.6) is 0 Å². The van der Waals surface area contributed by atoms with Crippen LogP contribution in [0.15, 0.2) is 54.7 Å². The van der Waals surface area contributed by atoms with Crippen LogP contribution >= 0.6 is 0 Å². The number of nitrogens with one attached hydrogen (secondary N) is 1. The molecule has 6 heteroatoms. The molecule has 146 valence electrons. The Labute approximate surface area is 169 Å². The molecule has 0 aliphatic carbocycles. The fourth-order valence-corrected chi connectivity index (χ4v) is 4.26. The zero-order chi connectivity index (χ0) is 20.0. The van der Waals surface area contributed by atoms with Crippen LogP contribution in [0, 0.1) is 6.92 Å². The maximum absolute atomic E-state index is 13.4. The molecule has 1 unspecified atom stereocenters. The van der Waals surface area contributed by atoms with Crippen molar-refractivity contribution in [1.29, 1.82) is 0 Å². The Morgan fingerprint density at radius 3 is 2.76 bits per heavy atom. The lowest BCUT2D eigenvalue weighted by Crippen LogP contribution is -2.32. The summed E-state index contributed by atoms with van der Waals surface area (Å²) in [5.74, 6) is 1.66. The van der Waals surface area contributed by atoms with E-state index in [0.29, 0.717) is 5.69 Å². The zero-order valence-corrected chi connectivity index (χ0v) is 16.6. The van der Waals surface area contributed by atoms with E-state index >= 15 is 0 Å². The molecule has 4 aromatic rings. The van der Waals surface area contributed by atoms with Crippen molar-refractivity contribution in [3.63, 3.8) is 0 Å². The lowest BCUT2D eigenvalue weighted by atomic mass is 10.2. The van der Waals surface area contributed by atoms with E-state index in [9.17, 15) is 4.79 Å². The lowest BCUT2D eigenvalue weighted by Gasteiger charge is -2.23. The van der Waals surface area contributed by atoms with Gasteiger partial charge in [0.1, 0.15) is 17.3 Å². The summed E-state index contributed by atoms with van der Waals surface area (Å²) in [4.78, 5) is 28.1. The molecule has 1 aliphatic heterocycles. The highest BCUT2D eigenvalue weighted by Crippen LogP contribution is 2.33. The number of fused-ring (bicyclic) bond motifs is 1. The monoisotopic (exact) mass is 385 g/mol. The van der Waals surface area contributed by atoms with Gasteiger partial charge in [0.05, 0.1) is 23.3 Å². The van der Waals surface area contributed by atoms with Crippen LogP contribution in [0.2, 0.25) is 0 Å². The standard InChI is InChI=1S/C23H23N5O/c1-15-8-6-11-17-20(15)26-21(25-17)18-12-7-13-28(18)23(29)19-14-24-22(27(19)2)16-9-4-3-5-10-16/h3-6,8-11,14,18H,7,12-13H2,1-2H3,(H,25,26). The molecule has 0 spiro atoms. The average molecular weight is 385 g/mol. The van der Waals surface area contributed by atoms with E-state index < -0.39 is 0 Å². The highest BCUT2D eigenvalue weighted by molar-refractivity contribution is 5.93. The number of aromatic nitrogens is 4. The van der Waals surface area contributed by atoms with E-state index in [2.05, 4.69) is 23.0 Å². The largest absolute Gasteiger partial charge is 0.340 e. The van der Waals surface area contributed by atoms with E-state index in [4.69, 9.17) is 4.98 Å². The maximum Gasteiger partial charge on any atom is 0.272 e. The highest BCUT2D eigenvalue weighted by Gasteiger charge is 2.34. The van der Waals surface area contributed by atoms with Gasteiger partial charge in [0.25, 0.3) is 5.91 Å². The van der Waals surface area contributed by atoms with E-state index in [1.54, 1.807) is 6.20 Å². The predicted octanol–water partition coefficient (Wildman–Crippen LogP) is 4.25. The number of H-pyrrole nitrogens is 1. The molecule has 2 aromatic carbocycles. The van der Waals surface area contributed by atoms with E-state index in [0.717, 1.165) is 53.2 Å². The third-order valence-electron chi connectivity index (χ3n) is 5.80. The summed E-state index contributed by atoms with van der Waals surface area (Å²) in [6, 6.07) is 16.0. The summed E-state index contributed by atoms with van der Waals surface area (Å²) in [7, 11) is 1.90. The Balaban J connectivity index is 1.48. The van der Waals surface area contributed by atoms with Crippen molar-refractivity contribution in [3.8, 4) is 11.4 Å². The Kier molecular flexibility index (Phi) is 4.19. The number of benzene rings is 2. The number of carbonyl (C=O) groups excluding carboxylic acids is 1. The number of aryl methyl sites for hydroxylation is 1. The molecule has 6 nitrogen and oxygen atoms in total. The SMILES string of the molecule is Cc1cccc2[nH]c(C3CCCN3C(=O)c3cnc(-c4ccccc4)n3C)nc12. The first-order chi connectivity index (χ1) is 14.1. The van der Waals surface area contributed by atoms with E-state index in [1.165, 1.54) is 0 Å². The number of carbonyl (C=O) groups is 1. The predicted molar refractivity (Wildman–Crippen MR) is 112 cm³/mol. The van der Waals surface area contributed by atoms with Crippen LogP contribution in [-0.2, 0) is 7.05 Å². The first-order valence-electron chi connectivity index (χ1n) is 9.97. The van der Waals surface area contributed by atoms with Crippen LogP contribution in [0.25, 0.3) is 22.4 Å². The summed E-state index contributed by atoms with van der Waals surface area (Å²) in [6.45, 7) is 2.79. The van der Waals surface area contributed by atoms with Crippen LogP contribution in [0.4, 0.5) is 0 Å². The second-order valence-corrected chi connectivity index (χ2v) is 7.64. The number of amides is 1. The highest BCUT2D eigenvalue weighted by atomic mass is 16.2. The van der Waals surface area contributed by atoms with Crippen LogP contribution in [0.3, 0.4) is 0 Å². The third-order valence-corrected chi connectivity index (χ3v) is 5.80. The zero-order valence-electron chi connectivity index (χ0n) is 16.6. The van der Waals surface area contributed by atoms with Gasteiger partial charge in [-0.25, -0.2) is 9.97 Å². The second-order valence-electron chi connectivity index (χ2n) is 7.64. The molecule has 1 saturated heterocycles. The molecule has 0 radical (unpaired) electrons. The summed E-state index contributed by atoms with van der Waals surface area (Å²) in [6.07, 6.45) is 3.56. The van der Waals surface area contributed by atoms with Crippen LogP contribution in [0.1, 0.15) is 40.8 Å². The van der Waals surface area contributed by atoms with E-state index in [1.807, 2.05) is 59.0 Å². The van der Waals surface area contributed by atoms with Gasteiger partial charge < -0.3 is 14.5 Å². The first kappa shape index (κ1) is 17.7. The van der Waals surface area contributed by atoms with Gasteiger partial charge in [-0.3, -0.25) is 4.79 Å². The van der Waals surface area contributed by atoms with Crippen LogP contribution < -0.4 is 0 Å². The van der Waals surface area contributed by atoms with Crippen molar-refractivity contribution in [2.75, 3.05) is 6.54 Å². The molecule has 1 fully saturated rings. The van der Waals surface area contributed by atoms with Crippen molar-refractivity contribution in [3.05, 3.63) is 71.8 Å². The number of aromatic amines is 1. The van der Waals surface area contributed by atoms with Gasteiger partial charge in [0, 0.05) is 19.2 Å². The minimum Gasteiger partial charge on any atom is -0.340 e. The van der Waals surface area contributed by atoms with E-state index in [-0.39, 0.29) is 11.9 Å². The number of nitrogens with zero attached hydrogens (tertiary/aromatic N) is 4. The number of likely N-dealkylation sites (tertiary alicyclic amines) is 1. The molecule has 3 heterocycles. The lowest BCUT2D eigenvalue weighted by molar-refractivity contribution is 0.0721. The molecule has 1 atom stereocenters. The number of hydrogen-bond acceptors (Lipinski definition) is 3.